The molecule has 0 bridgehead atoms. The standard InChI is InChI=1S/C12H10F3IN2O/c13-12(14,15)11-2-1-9(3-7(11)6-17)19-10-4-8(5-10)18-16/h1-3,8,10,18H,4-5H2. The van der Waals surface area contributed by atoms with Crippen molar-refractivity contribution >= 4 is 22.9 Å². The highest BCUT2D eigenvalue weighted by Crippen LogP contribution is 2.34. The second-order valence-electron chi connectivity index (χ2n) is 4.33. The molecule has 0 heterocycles. The molecule has 0 unspecified atom stereocenters. The molecular weight excluding hydrogens is 372 g/mol. The molecule has 0 radical (unpaired) electrons. The van der Waals surface area contributed by atoms with Crippen molar-refractivity contribution in [3.05, 3.63) is 29.3 Å². The Morgan fingerprint density at radius 2 is 2.05 bits per heavy atom. The van der Waals surface area contributed by atoms with Crippen LogP contribution in [0.25, 0.3) is 0 Å². The summed E-state index contributed by atoms with van der Waals surface area (Å²) in [5.41, 5.74) is -1.34. The lowest BCUT2D eigenvalue weighted by atomic mass is 9.90. The van der Waals surface area contributed by atoms with Crippen LogP contribution in [0.3, 0.4) is 0 Å². The molecule has 0 saturated heterocycles. The van der Waals surface area contributed by atoms with Gasteiger partial charge in [-0.05, 0) is 18.2 Å². The predicted molar refractivity (Wildman–Crippen MR) is 70.8 cm³/mol. The minimum Gasteiger partial charge on any atom is -0.490 e. The molecule has 1 saturated carbocycles. The Hall–Kier alpha value is -1.01. The van der Waals surface area contributed by atoms with Crippen LogP contribution in [0.2, 0.25) is 0 Å². The SMILES string of the molecule is N#Cc1cc(OC2CC(NI)C2)ccc1C(F)(F)F. The molecule has 1 aliphatic rings. The van der Waals surface area contributed by atoms with Crippen LogP contribution in [0, 0.1) is 11.3 Å². The summed E-state index contributed by atoms with van der Waals surface area (Å²) in [6.45, 7) is 0. The van der Waals surface area contributed by atoms with Gasteiger partial charge >= 0.3 is 6.18 Å². The summed E-state index contributed by atoms with van der Waals surface area (Å²) >= 11 is 2.06. The molecule has 1 aromatic rings. The lowest BCUT2D eigenvalue weighted by Gasteiger charge is -2.34. The second kappa shape index (κ2) is 5.54. The van der Waals surface area contributed by atoms with Crippen molar-refractivity contribution < 1.29 is 17.9 Å². The molecule has 0 aliphatic heterocycles. The number of rotatable bonds is 3. The molecule has 19 heavy (non-hydrogen) atoms. The van der Waals surface area contributed by atoms with E-state index in [-0.39, 0.29) is 6.10 Å². The summed E-state index contributed by atoms with van der Waals surface area (Å²) in [5.74, 6) is 0.307. The lowest BCUT2D eigenvalue weighted by Crippen LogP contribution is -2.43. The third-order valence-electron chi connectivity index (χ3n) is 2.97. The van der Waals surface area contributed by atoms with Crippen LogP contribution in [-0.4, -0.2) is 12.1 Å². The van der Waals surface area contributed by atoms with Crippen molar-refractivity contribution in [1.29, 1.82) is 5.26 Å². The Balaban J connectivity index is 2.10. The van der Waals surface area contributed by atoms with Gasteiger partial charge in [-0.15, -0.1) is 0 Å². The van der Waals surface area contributed by atoms with Crippen molar-refractivity contribution in [3.63, 3.8) is 0 Å². The predicted octanol–water partition coefficient (Wildman–Crippen LogP) is 3.43. The van der Waals surface area contributed by atoms with E-state index >= 15 is 0 Å². The zero-order chi connectivity index (χ0) is 14.0. The molecule has 0 amide bonds. The van der Waals surface area contributed by atoms with Gasteiger partial charge in [-0.2, -0.15) is 18.4 Å². The molecule has 2 rings (SSSR count). The number of ether oxygens (including phenoxy) is 1. The van der Waals surface area contributed by atoms with Gasteiger partial charge in [0.25, 0.3) is 0 Å². The highest BCUT2D eigenvalue weighted by atomic mass is 127. The van der Waals surface area contributed by atoms with E-state index in [0.29, 0.717) is 11.8 Å². The van der Waals surface area contributed by atoms with E-state index in [9.17, 15) is 13.2 Å². The minimum absolute atomic E-state index is 0.00412. The zero-order valence-electron chi connectivity index (χ0n) is 9.67. The van der Waals surface area contributed by atoms with E-state index in [1.54, 1.807) is 6.07 Å². The Morgan fingerprint density at radius 1 is 1.37 bits per heavy atom. The van der Waals surface area contributed by atoms with Gasteiger partial charge in [0.05, 0.1) is 17.2 Å². The highest BCUT2D eigenvalue weighted by molar-refractivity contribution is 14.1. The number of alkyl halides is 3. The normalized spacial score (nSPS) is 22.5. The Labute approximate surface area is 122 Å². The maximum absolute atomic E-state index is 12.6. The molecule has 1 aromatic carbocycles. The van der Waals surface area contributed by atoms with Gasteiger partial charge in [-0.1, -0.05) is 0 Å². The number of hydrogen-bond acceptors (Lipinski definition) is 3. The van der Waals surface area contributed by atoms with Crippen LogP contribution in [0.4, 0.5) is 13.2 Å². The average Bonchev–Trinajstić information content (AvgIpc) is 2.31. The number of benzene rings is 1. The smallest absolute Gasteiger partial charge is 0.417 e. The first kappa shape index (κ1) is 14.4. The first-order valence-corrected chi connectivity index (χ1v) is 6.66. The molecule has 1 aliphatic carbocycles. The molecule has 7 heteroatoms. The number of nitriles is 1. The number of nitrogens with one attached hydrogen (secondary N) is 1. The molecule has 1 N–H and O–H groups in total. The third kappa shape index (κ3) is 3.30. The summed E-state index contributed by atoms with van der Waals surface area (Å²) in [5, 5.41) is 8.78. The molecular formula is C12H10F3IN2O. The van der Waals surface area contributed by atoms with Crippen LogP contribution in [0.5, 0.6) is 5.75 Å². The summed E-state index contributed by atoms with van der Waals surface area (Å²) in [6.07, 6.45) is -2.90. The first-order valence-electron chi connectivity index (χ1n) is 5.58. The lowest BCUT2D eigenvalue weighted by molar-refractivity contribution is -0.137. The minimum atomic E-state index is -4.52. The van der Waals surface area contributed by atoms with Gasteiger partial charge in [0.2, 0.25) is 0 Å². The summed E-state index contributed by atoms with van der Waals surface area (Å²) < 4.78 is 46.4. The number of hydrogen-bond donors (Lipinski definition) is 1. The summed E-state index contributed by atoms with van der Waals surface area (Å²) in [6, 6.07) is 5.24. The first-order chi connectivity index (χ1) is 8.94. The Morgan fingerprint density at radius 3 is 2.58 bits per heavy atom. The van der Waals surface area contributed by atoms with Crippen LogP contribution >= 0.6 is 22.9 Å². The maximum atomic E-state index is 12.6. The molecule has 102 valence electrons. The van der Waals surface area contributed by atoms with Crippen molar-refractivity contribution in [1.82, 2.24) is 3.53 Å². The van der Waals surface area contributed by atoms with Gasteiger partial charge < -0.3 is 4.74 Å². The van der Waals surface area contributed by atoms with Gasteiger partial charge in [-0.25, -0.2) is 0 Å². The van der Waals surface area contributed by atoms with E-state index in [1.807, 2.05) is 0 Å². The summed E-state index contributed by atoms with van der Waals surface area (Å²) in [7, 11) is 0. The fourth-order valence-corrected chi connectivity index (χ4v) is 2.39. The van der Waals surface area contributed by atoms with Crippen LogP contribution in [-0.2, 0) is 6.18 Å². The fourth-order valence-electron chi connectivity index (χ4n) is 1.88. The highest BCUT2D eigenvalue weighted by Gasteiger charge is 2.34. The van der Waals surface area contributed by atoms with Gasteiger partial charge in [0.15, 0.2) is 0 Å². The topological polar surface area (TPSA) is 45.0 Å². The second-order valence-corrected chi connectivity index (χ2v) is 4.96. The Kier molecular flexibility index (Phi) is 4.20. The Bertz CT molecular complexity index is 507. The van der Waals surface area contributed by atoms with Crippen LogP contribution in [0.15, 0.2) is 18.2 Å². The molecule has 0 aromatic heterocycles. The monoisotopic (exact) mass is 382 g/mol. The quantitative estimate of drug-likeness (QED) is 0.644. The molecule has 3 nitrogen and oxygen atoms in total. The van der Waals surface area contributed by atoms with E-state index in [1.165, 1.54) is 6.07 Å². The average molecular weight is 382 g/mol. The van der Waals surface area contributed by atoms with Crippen molar-refractivity contribution in [2.45, 2.75) is 31.2 Å². The molecule has 0 atom stereocenters. The van der Waals surface area contributed by atoms with Gasteiger partial charge in [0.1, 0.15) is 11.9 Å². The van der Waals surface area contributed by atoms with Crippen molar-refractivity contribution in [2.75, 3.05) is 0 Å². The molecule has 1 fully saturated rings. The molecule has 0 spiro atoms. The van der Waals surface area contributed by atoms with Gasteiger partial charge in [-0.3, -0.25) is 3.53 Å². The van der Waals surface area contributed by atoms with E-state index in [4.69, 9.17) is 10.00 Å². The number of halogens is 4. The fraction of sp³-hybridized carbons (Fsp3) is 0.417. The van der Waals surface area contributed by atoms with Crippen molar-refractivity contribution in [2.24, 2.45) is 0 Å². The van der Waals surface area contributed by atoms with E-state index in [0.717, 1.165) is 25.0 Å². The zero-order valence-corrected chi connectivity index (χ0v) is 11.8. The third-order valence-corrected chi connectivity index (χ3v) is 3.85. The van der Waals surface area contributed by atoms with E-state index in [2.05, 4.69) is 26.4 Å². The van der Waals surface area contributed by atoms with Crippen molar-refractivity contribution in [3.8, 4) is 11.8 Å². The summed E-state index contributed by atoms with van der Waals surface area (Å²) in [4.78, 5) is 0. The van der Waals surface area contributed by atoms with Crippen LogP contribution < -0.4 is 8.27 Å². The largest absolute Gasteiger partial charge is 0.490 e. The maximum Gasteiger partial charge on any atom is 0.417 e. The van der Waals surface area contributed by atoms with E-state index < -0.39 is 17.3 Å². The van der Waals surface area contributed by atoms with Gasteiger partial charge in [0, 0.05) is 41.7 Å². The number of nitrogens with zero attached hydrogens (tertiary/aromatic N) is 1. The van der Waals surface area contributed by atoms with Crippen LogP contribution in [0.1, 0.15) is 24.0 Å².